The van der Waals surface area contributed by atoms with Crippen molar-refractivity contribution in [2.24, 2.45) is 0 Å². The van der Waals surface area contributed by atoms with Gasteiger partial charge in [0.25, 0.3) is 5.91 Å². The SMILES string of the molecule is Cc1nc2cc(C(=O)Nc3c(F)cccc3NC3CC3)ccc2n1-c1ccccc1. The Hall–Kier alpha value is -3.67. The predicted octanol–water partition coefficient (Wildman–Crippen LogP) is 5.30. The summed E-state index contributed by atoms with van der Waals surface area (Å²) in [7, 11) is 0. The highest BCUT2D eigenvalue weighted by atomic mass is 19.1. The molecular weight excluding hydrogens is 379 g/mol. The number of rotatable bonds is 5. The lowest BCUT2D eigenvalue weighted by atomic mass is 10.1. The molecule has 3 aromatic carbocycles. The van der Waals surface area contributed by atoms with Crippen LogP contribution in [-0.4, -0.2) is 21.5 Å². The van der Waals surface area contributed by atoms with Gasteiger partial charge < -0.3 is 10.6 Å². The molecule has 0 unspecified atom stereocenters. The molecule has 1 saturated carbocycles. The molecule has 30 heavy (non-hydrogen) atoms. The van der Waals surface area contributed by atoms with Crippen molar-refractivity contribution in [1.29, 1.82) is 0 Å². The first kappa shape index (κ1) is 18.4. The second kappa shape index (κ2) is 7.30. The molecule has 1 heterocycles. The lowest BCUT2D eigenvalue weighted by molar-refractivity contribution is 0.102. The van der Waals surface area contributed by atoms with Gasteiger partial charge in [0.15, 0.2) is 0 Å². The van der Waals surface area contributed by atoms with Crippen molar-refractivity contribution < 1.29 is 9.18 Å². The van der Waals surface area contributed by atoms with Crippen LogP contribution in [-0.2, 0) is 0 Å². The van der Waals surface area contributed by atoms with Crippen LogP contribution in [0.5, 0.6) is 0 Å². The first-order valence-corrected chi connectivity index (χ1v) is 10.0. The first-order valence-electron chi connectivity index (χ1n) is 10.0. The van der Waals surface area contributed by atoms with Crippen LogP contribution in [0.15, 0.2) is 66.7 Å². The molecule has 1 aliphatic carbocycles. The van der Waals surface area contributed by atoms with Crippen LogP contribution in [0, 0.1) is 12.7 Å². The van der Waals surface area contributed by atoms with Crippen LogP contribution in [0.25, 0.3) is 16.7 Å². The number of amides is 1. The van der Waals surface area contributed by atoms with Gasteiger partial charge in [0.2, 0.25) is 0 Å². The molecule has 150 valence electrons. The highest BCUT2D eigenvalue weighted by Crippen LogP contribution is 2.31. The number of nitrogens with one attached hydrogen (secondary N) is 2. The maximum atomic E-state index is 14.4. The average Bonchev–Trinajstić information content (AvgIpc) is 3.50. The molecule has 0 radical (unpaired) electrons. The summed E-state index contributed by atoms with van der Waals surface area (Å²) < 4.78 is 16.5. The molecule has 1 fully saturated rings. The van der Waals surface area contributed by atoms with E-state index in [1.54, 1.807) is 24.3 Å². The fraction of sp³-hybridized carbons (Fsp3) is 0.167. The molecule has 0 saturated heterocycles. The van der Waals surface area contributed by atoms with Gasteiger partial charge in [0.05, 0.1) is 16.7 Å². The molecule has 1 aromatic heterocycles. The third kappa shape index (κ3) is 3.41. The van der Waals surface area contributed by atoms with Gasteiger partial charge in [0.1, 0.15) is 17.3 Å². The molecule has 0 aliphatic heterocycles. The van der Waals surface area contributed by atoms with E-state index in [1.165, 1.54) is 6.07 Å². The summed E-state index contributed by atoms with van der Waals surface area (Å²) in [5.74, 6) is 0.00539. The highest BCUT2D eigenvalue weighted by Gasteiger charge is 2.23. The van der Waals surface area contributed by atoms with E-state index in [2.05, 4.69) is 15.6 Å². The number of imidazole rings is 1. The van der Waals surface area contributed by atoms with Crippen molar-refractivity contribution in [2.45, 2.75) is 25.8 Å². The van der Waals surface area contributed by atoms with E-state index in [0.29, 0.717) is 22.8 Å². The van der Waals surface area contributed by atoms with Crippen LogP contribution >= 0.6 is 0 Å². The van der Waals surface area contributed by atoms with Crippen molar-refractivity contribution in [3.05, 3.63) is 83.9 Å². The van der Waals surface area contributed by atoms with Crippen molar-refractivity contribution in [2.75, 3.05) is 10.6 Å². The molecule has 0 atom stereocenters. The Kier molecular flexibility index (Phi) is 4.47. The minimum atomic E-state index is -0.459. The Labute approximate surface area is 173 Å². The second-order valence-corrected chi connectivity index (χ2v) is 7.57. The predicted molar refractivity (Wildman–Crippen MR) is 117 cm³/mol. The van der Waals surface area contributed by atoms with Gasteiger partial charge in [-0.15, -0.1) is 0 Å². The Morgan fingerprint density at radius 1 is 1.07 bits per heavy atom. The van der Waals surface area contributed by atoms with Crippen LogP contribution in [0.1, 0.15) is 29.0 Å². The smallest absolute Gasteiger partial charge is 0.255 e. The lowest BCUT2D eigenvalue weighted by Gasteiger charge is -2.13. The van der Waals surface area contributed by atoms with Gasteiger partial charge in [-0.3, -0.25) is 9.36 Å². The van der Waals surface area contributed by atoms with Gasteiger partial charge in [-0.2, -0.15) is 0 Å². The first-order chi connectivity index (χ1) is 14.6. The van der Waals surface area contributed by atoms with Crippen molar-refractivity contribution in [3.63, 3.8) is 0 Å². The second-order valence-electron chi connectivity index (χ2n) is 7.57. The number of hydrogen-bond acceptors (Lipinski definition) is 3. The van der Waals surface area contributed by atoms with Gasteiger partial charge >= 0.3 is 0 Å². The summed E-state index contributed by atoms with van der Waals surface area (Å²) in [4.78, 5) is 17.5. The lowest BCUT2D eigenvalue weighted by Crippen LogP contribution is -2.15. The number of fused-ring (bicyclic) bond motifs is 1. The Balaban J connectivity index is 1.47. The van der Waals surface area contributed by atoms with Crippen LogP contribution < -0.4 is 10.6 Å². The van der Waals surface area contributed by atoms with Crippen LogP contribution in [0.2, 0.25) is 0 Å². The zero-order valence-electron chi connectivity index (χ0n) is 16.5. The molecule has 6 heteroatoms. The van der Waals surface area contributed by atoms with Gasteiger partial charge in [-0.25, -0.2) is 9.37 Å². The monoisotopic (exact) mass is 400 g/mol. The number of hydrogen-bond donors (Lipinski definition) is 2. The van der Waals surface area contributed by atoms with E-state index in [-0.39, 0.29) is 11.6 Å². The molecule has 5 rings (SSSR count). The van der Waals surface area contributed by atoms with Crippen LogP contribution in [0.4, 0.5) is 15.8 Å². The fourth-order valence-electron chi connectivity index (χ4n) is 3.65. The summed E-state index contributed by atoms with van der Waals surface area (Å²) in [5, 5.41) is 6.01. The normalized spacial score (nSPS) is 13.4. The number of aryl methyl sites for hydroxylation is 1. The molecule has 1 aliphatic rings. The number of carbonyl (C=O) groups excluding carboxylic acids is 1. The van der Waals surface area contributed by atoms with Crippen molar-refractivity contribution in [3.8, 4) is 5.69 Å². The number of halogens is 1. The van der Waals surface area contributed by atoms with E-state index in [1.807, 2.05) is 47.9 Å². The largest absolute Gasteiger partial charge is 0.381 e. The topological polar surface area (TPSA) is 59.0 Å². The van der Waals surface area contributed by atoms with E-state index in [0.717, 1.165) is 29.9 Å². The summed E-state index contributed by atoms with van der Waals surface area (Å²) >= 11 is 0. The van der Waals surface area contributed by atoms with Gasteiger partial charge in [0, 0.05) is 17.3 Å². The molecule has 2 N–H and O–H groups in total. The number of nitrogens with zero attached hydrogens (tertiary/aromatic N) is 2. The molecule has 5 nitrogen and oxygen atoms in total. The maximum absolute atomic E-state index is 14.4. The zero-order chi connectivity index (χ0) is 20.7. The Morgan fingerprint density at radius 3 is 2.63 bits per heavy atom. The molecule has 1 amide bonds. The molecule has 4 aromatic rings. The summed E-state index contributed by atoms with van der Waals surface area (Å²) in [6, 6.07) is 20.4. The minimum absolute atomic E-state index is 0.181. The summed E-state index contributed by atoms with van der Waals surface area (Å²) in [6.07, 6.45) is 2.12. The number of para-hydroxylation sites is 2. The van der Waals surface area contributed by atoms with Gasteiger partial charge in [-0.1, -0.05) is 24.3 Å². The quantitative estimate of drug-likeness (QED) is 0.478. The van der Waals surface area contributed by atoms with Crippen molar-refractivity contribution in [1.82, 2.24) is 9.55 Å². The summed E-state index contributed by atoms with van der Waals surface area (Å²) in [5.41, 5.74) is 3.86. The van der Waals surface area contributed by atoms with E-state index >= 15 is 0 Å². The third-order valence-electron chi connectivity index (χ3n) is 5.29. The van der Waals surface area contributed by atoms with Gasteiger partial charge in [-0.05, 0) is 62.2 Å². The number of carbonyl (C=O) groups is 1. The molecule has 0 bridgehead atoms. The van der Waals surface area contributed by atoms with Crippen molar-refractivity contribution >= 4 is 28.3 Å². The van der Waals surface area contributed by atoms with E-state index in [4.69, 9.17) is 0 Å². The zero-order valence-corrected chi connectivity index (χ0v) is 16.5. The van der Waals surface area contributed by atoms with E-state index in [9.17, 15) is 9.18 Å². The average molecular weight is 400 g/mol. The number of benzene rings is 3. The maximum Gasteiger partial charge on any atom is 0.255 e. The van der Waals surface area contributed by atoms with Crippen LogP contribution in [0.3, 0.4) is 0 Å². The standard InChI is InChI=1S/C24H21FN4O/c1-15-26-21-14-16(10-13-22(21)29(15)18-6-3-2-4-7-18)24(30)28-23-19(25)8-5-9-20(23)27-17-11-12-17/h2-10,13-14,17,27H,11-12H2,1H3,(H,28,30). The molecular formula is C24H21FN4O. The summed E-state index contributed by atoms with van der Waals surface area (Å²) in [6.45, 7) is 1.93. The third-order valence-corrected chi connectivity index (χ3v) is 5.29. The Bertz CT molecular complexity index is 1250. The highest BCUT2D eigenvalue weighted by molar-refractivity contribution is 6.07. The fourth-order valence-corrected chi connectivity index (χ4v) is 3.65. The molecule has 0 spiro atoms. The number of anilines is 2. The van der Waals surface area contributed by atoms with E-state index < -0.39 is 5.82 Å². The minimum Gasteiger partial charge on any atom is -0.381 e. The number of aromatic nitrogens is 2. The Morgan fingerprint density at radius 2 is 1.87 bits per heavy atom.